The molecule has 11 heavy (non-hydrogen) atoms. The number of thioether (sulfide) groups is 1. The minimum Gasteiger partial charge on any atom is -0.305 e. The van der Waals surface area contributed by atoms with Crippen LogP contribution < -0.4 is 5.32 Å². The summed E-state index contributed by atoms with van der Waals surface area (Å²) < 4.78 is 24.0. The molecule has 1 aliphatic heterocycles. The Bertz CT molecular complexity index is 115. The topological polar surface area (TPSA) is 12.0 Å². The van der Waals surface area contributed by atoms with E-state index in [1.165, 1.54) is 6.92 Å². The lowest BCUT2D eigenvalue weighted by atomic mass is 10.2. The van der Waals surface area contributed by atoms with E-state index in [1.54, 1.807) is 0 Å². The minimum absolute atomic E-state index is 0.309. The Morgan fingerprint density at radius 3 is 2.73 bits per heavy atom. The molecule has 0 amide bonds. The van der Waals surface area contributed by atoms with Crippen molar-refractivity contribution in [2.75, 3.05) is 11.5 Å². The van der Waals surface area contributed by atoms with Gasteiger partial charge in [0, 0.05) is 11.8 Å². The second-order valence-corrected chi connectivity index (χ2v) is 4.00. The number of hydrogen-bond donors (Lipinski definition) is 1. The van der Waals surface area contributed by atoms with Crippen LogP contribution >= 0.6 is 11.8 Å². The number of alkyl halides is 2. The molecule has 2 atom stereocenters. The van der Waals surface area contributed by atoms with Gasteiger partial charge in [-0.15, -0.1) is 0 Å². The van der Waals surface area contributed by atoms with Crippen molar-refractivity contribution in [3.63, 3.8) is 0 Å². The first kappa shape index (κ1) is 9.26. The summed E-state index contributed by atoms with van der Waals surface area (Å²) in [6, 6.07) is -0.345. The Labute approximate surface area is 69.9 Å². The van der Waals surface area contributed by atoms with E-state index in [-0.39, 0.29) is 0 Å². The Hall–Kier alpha value is 0.170. The highest BCUT2D eigenvalue weighted by molar-refractivity contribution is 7.99. The van der Waals surface area contributed by atoms with Crippen molar-refractivity contribution in [2.45, 2.75) is 31.9 Å². The van der Waals surface area contributed by atoms with Crippen LogP contribution in [-0.2, 0) is 0 Å². The Balaban J connectivity index is 2.18. The van der Waals surface area contributed by atoms with Crippen molar-refractivity contribution in [1.29, 1.82) is 0 Å². The van der Waals surface area contributed by atoms with Crippen LogP contribution in [0.25, 0.3) is 0 Å². The van der Waals surface area contributed by atoms with Gasteiger partial charge >= 0.3 is 0 Å². The zero-order valence-electron chi connectivity index (χ0n) is 6.52. The van der Waals surface area contributed by atoms with Gasteiger partial charge in [0.15, 0.2) is 0 Å². The summed E-state index contributed by atoms with van der Waals surface area (Å²) in [7, 11) is 0. The first-order valence-corrected chi connectivity index (χ1v) is 4.97. The Morgan fingerprint density at radius 2 is 2.27 bits per heavy atom. The SMILES string of the molecule is CC(NC1CCSC1)C(F)F. The molecule has 0 spiro atoms. The molecule has 0 saturated carbocycles. The van der Waals surface area contributed by atoms with Crippen LogP contribution in [0.15, 0.2) is 0 Å². The third-order valence-electron chi connectivity index (χ3n) is 1.81. The maximum Gasteiger partial charge on any atom is 0.253 e. The molecule has 1 aliphatic rings. The largest absolute Gasteiger partial charge is 0.305 e. The van der Waals surface area contributed by atoms with E-state index in [1.807, 2.05) is 11.8 Å². The molecule has 0 aromatic heterocycles. The fraction of sp³-hybridized carbons (Fsp3) is 1.00. The highest BCUT2D eigenvalue weighted by atomic mass is 32.2. The number of hydrogen-bond acceptors (Lipinski definition) is 2. The molecule has 0 radical (unpaired) electrons. The molecule has 66 valence electrons. The van der Waals surface area contributed by atoms with Crippen LogP contribution in [0.5, 0.6) is 0 Å². The maximum atomic E-state index is 12.0. The van der Waals surface area contributed by atoms with Crippen LogP contribution in [0.2, 0.25) is 0 Å². The minimum atomic E-state index is -2.24. The molecular weight excluding hydrogens is 168 g/mol. The predicted octanol–water partition coefficient (Wildman–Crippen LogP) is 1.74. The van der Waals surface area contributed by atoms with Crippen LogP contribution in [0, 0.1) is 0 Å². The predicted molar refractivity (Wildman–Crippen MR) is 44.3 cm³/mol. The fourth-order valence-corrected chi connectivity index (χ4v) is 2.28. The fourth-order valence-electron chi connectivity index (χ4n) is 1.11. The van der Waals surface area contributed by atoms with Gasteiger partial charge in [0.2, 0.25) is 0 Å². The molecule has 0 bridgehead atoms. The molecule has 1 nitrogen and oxygen atoms in total. The van der Waals surface area contributed by atoms with Crippen molar-refractivity contribution in [3.05, 3.63) is 0 Å². The van der Waals surface area contributed by atoms with E-state index >= 15 is 0 Å². The average Bonchev–Trinajstić information content (AvgIpc) is 2.39. The zero-order valence-corrected chi connectivity index (χ0v) is 7.33. The van der Waals surface area contributed by atoms with Crippen LogP contribution in [0.1, 0.15) is 13.3 Å². The van der Waals surface area contributed by atoms with Gasteiger partial charge in [0.25, 0.3) is 6.43 Å². The summed E-state index contributed by atoms with van der Waals surface area (Å²) in [5.74, 6) is 2.09. The van der Waals surface area contributed by atoms with E-state index in [9.17, 15) is 8.78 Å². The molecule has 0 aromatic carbocycles. The third kappa shape index (κ3) is 2.95. The quantitative estimate of drug-likeness (QED) is 0.711. The van der Waals surface area contributed by atoms with Gasteiger partial charge in [-0.3, -0.25) is 0 Å². The van der Waals surface area contributed by atoms with Crippen LogP contribution in [0.3, 0.4) is 0 Å². The van der Waals surface area contributed by atoms with E-state index in [4.69, 9.17) is 0 Å². The third-order valence-corrected chi connectivity index (χ3v) is 2.97. The summed E-state index contributed by atoms with van der Waals surface area (Å²) in [5, 5.41) is 2.91. The normalized spacial score (nSPS) is 27.8. The highest BCUT2D eigenvalue weighted by Crippen LogP contribution is 2.18. The van der Waals surface area contributed by atoms with Crippen molar-refractivity contribution in [3.8, 4) is 0 Å². The summed E-state index contributed by atoms with van der Waals surface area (Å²) in [5.41, 5.74) is 0. The second-order valence-electron chi connectivity index (χ2n) is 2.85. The van der Waals surface area contributed by atoms with E-state index < -0.39 is 12.5 Å². The molecule has 1 rings (SSSR count). The van der Waals surface area contributed by atoms with Crippen LogP contribution in [0.4, 0.5) is 8.78 Å². The Morgan fingerprint density at radius 1 is 1.55 bits per heavy atom. The molecule has 4 heteroatoms. The molecule has 0 aliphatic carbocycles. The highest BCUT2D eigenvalue weighted by Gasteiger charge is 2.21. The lowest BCUT2D eigenvalue weighted by Gasteiger charge is -2.17. The van der Waals surface area contributed by atoms with Gasteiger partial charge in [-0.05, 0) is 19.1 Å². The average molecular weight is 181 g/mol. The molecule has 1 heterocycles. The summed E-state index contributed by atoms with van der Waals surface area (Å²) >= 11 is 1.83. The molecule has 1 N–H and O–H groups in total. The number of rotatable bonds is 3. The van der Waals surface area contributed by atoms with Crippen molar-refractivity contribution >= 4 is 11.8 Å². The summed E-state index contributed by atoms with van der Waals surface area (Å²) in [4.78, 5) is 0. The first-order chi connectivity index (χ1) is 5.20. The van der Waals surface area contributed by atoms with E-state index in [0.29, 0.717) is 6.04 Å². The van der Waals surface area contributed by atoms with Gasteiger partial charge in [0.05, 0.1) is 6.04 Å². The monoisotopic (exact) mass is 181 g/mol. The lowest BCUT2D eigenvalue weighted by molar-refractivity contribution is 0.101. The number of halogens is 2. The van der Waals surface area contributed by atoms with Gasteiger partial charge in [0.1, 0.15) is 0 Å². The Kier molecular flexibility index (Phi) is 3.59. The molecule has 2 unspecified atom stereocenters. The summed E-state index contributed by atoms with van der Waals surface area (Å²) in [6.45, 7) is 1.54. The van der Waals surface area contributed by atoms with Gasteiger partial charge in [-0.2, -0.15) is 11.8 Å². The van der Waals surface area contributed by atoms with E-state index in [0.717, 1.165) is 17.9 Å². The lowest BCUT2D eigenvalue weighted by Crippen LogP contribution is -2.40. The second kappa shape index (κ2) is 4.26. The zero-order chi connectivity index (χ0) is 8.27. The van der Waals surface area contributed by atoms with Crippen molar-refractivity contribution in [1.82, 2.24) is 5.32 Å². The molecule has 0 aromatic rings. The standard InChI is InChI=1S/C7H13F2NS/c1-5(7(8)9)10-6-2-3-11-4-6/h5-7,10H,2-4H2,1H3. The van der Waals surface area contributed by atoms with Crippen molar-refractivity contribution in [2.24, 2.45) is 0 Å². The van der Waals surface area contributed by atoms with Gasteiger partial charge < -0.3 is 5.32 Å². The molecule has 1 saturated heterocycles. The van der Waals surface area contributed by atoms with Crippen LogP contribution in [-0.4, -0.2) is 30.0 Å². The molecular formula is C7H13F2NS. The summed E-state index contributed by atoms with van der Waals surface area (Å²) in [6.07, 6.45) is -1.21. The smallest absolute Gasteiger partial charge is 0.253 e. The van der Waals surface area contributed by atoms with Gasteiger partial charge in [-0.25, -0.2) is 8.78 Å². The van der Waals surface area contributed by atoms with Crippen molar-refractivity contribution < 1.29 is 8.78 Å². The molecule has 1 fully saturated rings. The number of nitrogens with one attached hydrogen (secondary N) is 1. The van der Waals surface area contributed by atoms with Gasteiger partial charge in [-0.1, -0.05) is 0 Å². The maximum absolute atomic E-state index is 12.0. The van der Waals surface area contributed by atoms with E-state index in [2.05, 4.69) is 5.32 Å². The first-order valence-electron chi connectivity index (χ1n) is 3.82.